The molecule has 3 heterocycles. The van der Waals surface area contributed by atoms with Gasteiger partial charge in [0.25, 0.3) is 0 Å². The van der Waals surface area contributed by atoms with E-state index in [1.807, 2.05) is 52.1 Å². The molecule has 0 radical (unpaired) electrons. The van der Waals surface area contributed by atoms with Gasteiger partial charge in [-0.15, -0.1) is 0 Å². The van der Waals surface area contributed by atoms with Crippen LogP contribution < -0.4 is 4.90 Å². The van der Waals surface area contributed by atoms with Gasteiger partial charge in [-0.25, -0.2) is 9.18 Å². The van der Waals surface area contributed by atoms with Gasteiger partial charge in [0, 0.05) is 50.4 Å². The van der Waals surface area contributed by atoms with Crippen LogP contribution in [0.25, 0.3) is 6.08 Å². The Morgan fingerprint density at radius 3 is 2.48 bits per heavy atom. The lowest BCUT2D eigenvalue weighted by molar-refractivity contribution is -0.151. The van der Waals surface area contributed by atoms with Gasteiger partial charge < -0.3 is 29.3 Å². The second-order valence-electron chi connectivity index (χ2n) is 12.5. The summed E-state index contributed by atoms with van der Waals surface area (Å²) in [6, 6.07) is 5.40. The Balaban J connectivity index is 1.57. The molecule has 0 saturated carbocycles. The molecule has 1 aromatic rings. The molecule has 0 spiro atoms. The van der Waals surface area contributed by atoms with E-state index in [1.165, 1.54) is 6.07 Å². The van der Waals surface area contributed by atoms with Crippen molar-refractivity contribution in [3.8, 4) is 0 Å². The van der Waals surface area contributed by atoms with Crippen molar-refractivity contribution in [1.29, 1.82) is 0 Å². The summed E-state index contributed by atoms with van der Waals surface area (Å²) in [5.41, 5.74) is 2.31. The summed E-state index contributed by atoms with van der Waals surface area (Å²) in [4.78, 5) is 32.0. The number of amides is 1. The summed E-state index contributed by atoms with van der Waals surface area (Å²) in [6.07, 6.45) is 6.41. The number of esters is 1. The summed E-state index contributed by atoms with van der Waals surface area (Å²) in [7, 11) is 2.04. The molecule has 0 bridgehead atoms. The number of benzene rings is 1. The summed E-state index contributed by atoms with van der Waals surface area (Å²) < 4.78 is 26.6. The minimum Gasteiger partial charge on any atom is -0.457 e. The number of aliphatic hydroxyl groups is 1. The standard InChI is InChI=1S/C33H48FN3O5/c1-22-8-10-29(38)21-31(39)42-32(23(2)9-11-30(22)41-33(40)36-15-13-35(5)14-16-36)24(3)17-26-18-27(34)20-28(19-26)37-12-6-7-25(37)4/h9,11,17-20,22-23,25,29-30,32,38H,6-8,10,12-16,21H2,1-5H3/b11-9-,24-17+/t22-,23+,25+,29+,30+,32+/m1/s1. The van der Waals surface area contributed by atoms with Crippen LogP contribution in [0.1, 0.15) is 65.4 Å². The lowest BCUT2D eigenvalue weighted by Gasteiger charge is -2.33. The fraction of sp³-hybridized carbons (Fsp3) is 0.636. The van der Waals surface area contributed by atoms with Gasteiger partial charge in [0.2, 0.25) is 0 Å². The quantitative estimate of drug-likeness (QED) is 0.382. The first kappa shape index (κ1) is 32.0. The first-order valence-electron chi connectivity index (χ1n) is 15.5. The fourth-order valence-corrected chi connectivity index (χ4v) is 6.14. The second kappa shape index (κ2) is 14.5. The van der Waals surface area contributed by atoms with Gasteiger partial charge in [0.1, 0.15) is 18.0 Å². The molecule has 1 amide bonds. The molecule has 9 heteroatoms. The molecule has 0 aliphatic carbocycles. The molecule has 3 aliphatic rings. The van der Waals surface area contributed by atoms with Crippen molar-refractivity contribution >= 4 is 23.8 Å². The maximum absolute atomic E-state index is 14.7. The van der Waals surface area contributed by atoms with E-state index in [9.17, 15) is 19.1 Å². The summed E-state index contributed by atoms with van der Waals surface area (Å²) in [6.45, 7) is 11.7. The average Bonchev–Trinajstić information content (AvgIpc) is 3.37. The predicted octanol–water partition coefficient (Wildman–Crippen LogP) is 5.26. The van der Waals surface area contributed by atoms with E-state index < -0.39 is 24.3 Å². The SMILES string of the molecule is C/C(=C\c1cc(F)cc(N2CCC[C@@H]2C)c1)[C@H]1OC(=O)C[C@@H](O)CC[C@@H](C)[C@@H](OC(=O)N2CCN(C)CC2)/C=C\[C@@H]1C. The minimum absolute atomic E-state index is 0.0521. The van der Waals surface area contributed by atoms with Gasteiger partial charge in [-0.1, -0.05) is 26.0 Å². The number of piperazine rings is 1. The Hall–Kier alpha value is -2.91. The summed E-state index contributed by atoms with van der Waals surface area (Å²) in [5.74, 6) is -1.09. The largest absolute Gasteiger partial charge is 0.457 e. The highest BCUT2D eigenvalue weighted by molar-refractivity contribution is 5.71. The molecule has 0 unspecified atom stereocenters. The highest BCUT2D eigenvalue weighted by Crippen LogP contribution is 2.30. The maximum Gasteiger partial charge on any atom is 0.410 e. The number of halogens is 1. The molecule has 42 heavy (non-hydrogen) atoms. The van der Waals surface area contributed by atoms with Crippen molar-refractivity contribution in [2.24, 2.45) is 11.8 Å². The number of cyclic esters (lactones) is 1. The van der Waals surface area contributed by atoms with E-state index in [0.29, 0.717) is 37.5 Å². The number of aliphatic hydroxyl groups excluding tert-OH is 1. The fourth-order valence-electron chi connectivity index (χ4n) is 6.14. The molecule has 232 valence electrons. The predicted molar refractivity (Wildman–Crippen MR) is 163 cm³/mol. The summed E-state index contributed by atoms with van der Waals surface area (Å²) >= 11 is 0. The van der Waals surface area contributed by atoms with Crippen LogP contribution in [0.4, 0.5) is 14.9 Å². The van der Waals surface area contributed by atoms with Gasteiger partial charge in [0.15, 0.2) is 0 Å². The third-order valence-electron chi connectivity index (χ3n) is 8.89. The van der Waals surface area contributed by atoms with E-state index in [2.05, 4.69) is 16.7 Å². The van der Waals surface area contributed by atoms with Gasteiger partial charge in [-0.05, 0) is 87.9 Å². The van der Waals surface area contributed by atoms with Crippen LogP contribution in [0.5, 0.6) is 0 Å². The van der Waals surface area contributed by atoms with Crippen molar-refractivity contribution < 1.29 is 28.6 Å². The Kier molecular flexibility index (Phi) is 11.1. The number of rotatable bonds is 4. The second-order valence-corrected chi connectivity index (χ2v) is 12.5. The molecule has 4 rings (SSSR count). The highest BCUT2D eigenvalue weighted by Gasteiger charge is 2.29. The van der Waals surface area contributed by atoms with Crippen molar-refractivity contribution in [2.45, 2.75) is 84.2 Å². The monoisotopic (exact) mass is 585 g/mol. The molecule has 2 fully saturated rings. The lowest BCUT2D eigenvalue weighted by Crippen LogP contribution is -2.48. The number of hydrogen-bond donors (Lipinski definition) is 1. The van der Waals surface area contributed by atoms with Crippen LogP contribution in [-0.4, -0.2) is 91.1 Å². The topological polar surface area (TPSA) is 82.5 Å². The van der Waals surface area contributed by atoms with Crippen molar-refractivity contribution in [3.05, 3.63) is 47.3 Å². The number of anilines is 1. The molecule has 0 aromatic heterocycles. The van der Waals surface area contributed by atoms with Crippen LogP contribution in [0, 0.1) is 17.7 Å². The van der Waals surface area contributed by atoms with E-state index in [1.54, 1.807) is 11.0 Å². The zero-order valence-corrected chi connectivity index (χ0v) is 25.8. The average molecular weight is 586 g/mol. The number of hydrogen-bond acceptors (Lipinski definition) is 7. The number of ether oxygens (including phenoxy) is 2. The third kappa shape index (κ3) is 8.57. The van der Waals surface area contributed by atoms with Crippen LogP contribution >= 0.6 is 0 Å². The third-order valence-corrected chi connectivity index (χ3v) is 8.89. The van der Waals surface area contributed by atoms with E-state index in [0.717, 1.165) is 43.7 Å². The number of nitrogens with zero attached hydrogens (tertiary/aromatic N) is 3. The van der Waals surface area contributed by atoms with Gasteiger partial charge >= 0.3 is 12.1 Å². The van der Waals surface area contributed by atoms with Crippen molar-refractivity contribution in [1.82, 2.24) is 9.80 Å². The van der Waals surface area contributed by atoms with Crippen molar-refractivity contribution in [3.63, 3.8) is 0 Å². The van der Waals surface area contributed by atoms with E-state index in [-0.39, 0.29) is 30.2 Å². The van der Waals surface area contributed by atoms with E-state index in [4.69, 9.17) is 9.47 Å². The van der Waals surface area contributed by atoms with Crippen molar-refractivity contribution in [2.75, 3.05) is 44.7 Å². The number of likely N-dealkylation sites (N-methyl/N-ethyl adjacent to an activating group) is 1. The Morgan fingerprint density at radius 2 is 1.79 bits per heavy atom. The summed E-state index contributed by atoms with van der Waals surface area (Å²) in [5, 5.41) is 10.6. The zero-order chi connectivity index (χ0) is 30.4. The molecule has 6 atom stereocenters. The molecular weight excluding hydrogens is 537 g/mol. The lowest BCUT2D eigenvalue weighted by atomic mass is 9.91. The number of carbonyl (C=O) groups excluding carboxylic acids is 2. The molecule has 3 aliphatic heterocycles. The molecular formula is C33H48FN3O5. The molecule has 1 aromatic carbocycles. The molecule has 2 saturated heterocycles. The zero-order valence-electron chi connectivity index (χ0n) is 25.8. The highest BCUT2D eigenvalue weighted by atomic mass is 19.1. The van der Waals surface area contributed by atoms with Gasteiger partial charge in [-0.3, -0.25) is 4.79 Å². The van der Waals surface area contributed by atoms with Gasteiger partial charge in [0.05, 0.1) is 12.5 Å². The van der Waals surface area contributed by atoms with E-state index >= 15 is 0 Å². The first-order valence-corrected chi connectivity index (χ1v) is 15.5. The first-order chi connectivity index (χ1) is 20.0. The van der Waals surface area contributed by atoms with Crippen LogP contribution in [0.15, 0.2) is 35.9 Å². The Bertz CT molecular complexity index is 1150. The molecule has 8 nitrogen and oxygen atoms in total. The van der Waals surface area contributed by atoms with Crippen LogP contribution in [0.3, 0.4) is 0 Å². The van der Waals surface area contributed by atoms with Gasteiger partial charge in [-0.2, -0.15) is 0 Å². The molecule has 1 N–H and O–H groups in total. The van der Waals surface area contributed by atoms with Crippen LogP contribution in [0.2, 0.25) is 0 Å². The normalized spacial score (nSPS) is 31.2. The Labute approximate surface area is 250 Å². The minimum atomic E-state index is -0.856. The Morgan fingerprint density at radius 1 is 1.05 bits per heavy atom. The maximum atomic E-state index is 14.7. The number of carbonyl (C=O) groups is 2. The smallest absolute Gasteiger partial charge is 0.410 e. The van der Waals surface area contributed by atoms with Crippen LogP contribution in [-0.2, 0) is 14.3 Å².